The van der Waals surface area contributed by atoms with Gasteiger partial charge in [0.1, 0.15) is 11.3 Å². The molecule has 0 aliphatic heterocycles. The predicted octanol–water partition coefficient (Wildman–Crippen LogP) is 1.70. The van der Waals surface area contributed by atoms with Gasteiger partial charge in [0.15, 0.2) is 0 Å². The van der Waals surface area contributed by atoms with Gasteiger partial charge in [-0.05, 0) is 26.8 Å². The van der Waals surface area contributed by atoms with E-state index in [2.05, 4.69) is 35.3 Å². The van der Waals surface area contributed by atoms with Gasteiger partial charge in [0.25, 0.3) is 0 Å². The molecule has 0 aliphatic rings. The molecule has 2 rings (SSSR count). The van der Waals surface area contributed by atoms with Gasteiger partial charge in [0, 0.05) is 31.8 Å². The average Bonchev–Trinajstić information content (AvgIpc) is 2.73. The van der Waals surface area contributed by atoms with Crippen molar-refractivity contribution in [1.82, 2.24) is 14.5 Å². The largest absolute Gasteiger partial charge is 0.380 e. The number of hydrogen-bond acceptors (Lipinski definition) is 4. The van der Waals surface area contributed by atoms with E-state index in [9.17, 15) is 0 Å². The normalized spacial score (nSPS) is 13.9. The molecule has 19 heavy (non-hydrogen) atoms. The first-order valence-corrected chi connectivity index (χ1v) is 6.52. The summed E-state index contributed by atoms with van der Waals surface area (Å²) in [7, 11) is 1.68. The van der Waals surface area contributed by atoms with Gasteiger partial charge >= 0.3 is 0 Å². The topological polar surface area (TPSA) is 66.0 Å². The van der Waals surface area contributed by atoms with Crippen LogP contribution in [0.4, 0.5) is 0 Å². The second-order valence-electron chi connectivity index (χ2n) is 5.70. The number of nitrogens with two attached hydrogens (primary N) is 1. The van der Waals surface area contributed by atoms with Crippen LogP contribution in [0.2, 0.25) is 0 Å². The minimum absolute atomic E-state index is 0.00845. The summed E-state index contributed by atoms with van der Waals surface area (Å²) in [5, 5.41) is 0. The molecule has 5 heteroatoms. The van der Waals surface area contributed by atoms with E-state index in [0.29, 0.717) is 13.0 Å². The summed E-state index contributed by atoms with van der Waals surface area (Å²) >= 11 is 0. The molecule has 104 valence electrons. The van der Waals surface area contributed by atoms with E-state index in [4.69, 9.17) is 10.5 Å². The Morgan fingerprint density at radius 2 is 2.16 bits per heavy atom. The third-order valence-corrected chi connectivity index (χ3v) is 3.20. The Bertz CT molecular complexity index is 552. The van der Waals surface area contributed by atoms with Gasteiger partial charge < -0.3 is 15.0 Å². The Labute approximate surface area is 113 Å². The maximum Gasteiger partial charge on any atom is 0.113 e. The van der Waals surface area contributed by atoms with Crippen LogP contribution in [-0.4, -0.2) is 34.3 Å². The lowest BCUT2D eigenvalue weighted by Crippen LogP contribution is -2.30. The fraction of sp³-hybridized carbons (Fsp3) is 0.571. The van der Waals surface area contributed by atoms with Crippen molar-refractivity contribution < 1.29 is 4.74 Å². The van der Waals surface area contributed by atoms with Gasteiger partial charge in [0.05, 0.1) is 17.8 Å². The van der Waals surface area contributed by atoms with Crippen molar-refractivity contribution in [2.75, 3.05) is 13.7 Å². The van der Waals surface area contributed by atoms with E-state index < -0.39 is 0 Å². The molecule has 5 nitrogen and oxygen atoms in total. The molecule has 2 heterocycles. The van der Waals surface area contributed by atoms with Gasteiger partial charge in [-0.25, -0.2) is 4.98 Å². The van der Waals surface area contributed by atoms with Crippen molar-refractivity contribution >= 4 is 11.0 Å². The van der Waals surface area contributed by atoms with Crippen molar-refractivity contribution in [3.63, 3.8) is 0 Å². The standard InChI is InChI=1S/C14H22N4O/c1-14(2,3)18-12-5-6-16-9-11(12)17-13(18)7-10(8-15)19-4/h5-6,9-10H,7-8,15H2,1-4H3. The van der Waals surface area contributed by atoms with E-state index in [1.165, 1.54) is 0 Å². The van der Waals surface area contributed by atoms with Crippen molar-refractivity contribution in [3.8, 4) is 0 Å². The van der Waals surface area contributed by atoms with Gasteiger partial charge in [-0.15, -0.1) is 0 Å². The number of aromatic nitrogens is 3. The Balaban J connectivity index is 2.53. The molecule has 0 aliphatic carbocycles. The number of pyridine rings is 1. The van der Waals surface area contributed by atoms with Gasteiger partial charge in [-0.3, -0.25) is 4.98 Å². The lowest BCUT2D eigenvalue weighted by atomic mass is 10.1. The molecule has 0 radical (unpaired) electrons. The fourth-order valence-corrected chi connectivity index (χ4v) is 2.33. The second-order valence-corrected chi connectivity index (χ2v) is 5.70. The van der Waals surface area contributed by atoms with Crippen LogP contribution >= 0.6 is 0 Å². The lowest BCUT2D eigenvalue weighted by Gasteiger charge is -2.25. The zero-order valence-corrected chi connectivity index (χ0v) is 12.1. The van der Waals surface area contributed by atoms with Crippen molar-refractivity contribution in [2.24, 2.45) is 5.73 Å². The molecule has 0 spiro atoms. The third-order valence-electron chi connectivity index (χ3n) is 3.20. The highest BCUT2D eigenvalue weighted by Gasteiger charge is 2.23. The fourth-order valence-electron chi connectivity index (χ4n) is 2.33. The highest BCUT2D eigenvalue weighted by molar-refractivity contribution is 5.75. The van der Waals surface area contributed by atoms with Crippen LogP contribution in [0.1, 0.15) is 26.6 Å². The number of imidazole rings is 1. The number of fused-ring (bicyclic) bond motifs is 1. The minimum atomic E-state index is -0.0433. The molecule has 0 bridgehead atoms. The first-order valence-electron chi connectivity index (χ1n) is 6.52. The average molecular weight is 262 g/mol. The Kier molecular flexibility index (Phi) is 3.87. The predicted molar refractivity (Wildman–Crippen MR) is 76.1 cm³/mol. The summed E-state index contributed by atoms with van der Waals surface area (Å²) in [6, 6.07) is 2.00. The number of rotatable bonds is 4. The van der Waals surface area contributed by atoms with Crippen molar-refractivity contribution in [2.45, 2.75) is 38.8 Å². The van der Waals surface area contributed by atoms with E-state index in [1.807, 2.05) is 6.07 Å². The van der Waals surface area contributed by atoms with Crippen LogP contribution in [0.25, 0.3) is 11.0 Å². The zero-order chi connectivity index (χ0) is 14.0. The quantitative estimate of drug-likeness (QED) is 0.910. The van der Waals surface area contributed by atoms with E-state index >= 15 is 0 Å². The summed E-state index contributed by atoms with van der Waals surface area (Å²) in [6.45, 7) is 7.00. The van der Waals surface area contributed by atoms with Crippen LogP contribution in [0, 0.1) is 0 Å². The number of methoxy groups -OCH3 is 1. The molecule has 2 aromatic heterocycles. The Morgan fingerprint density at radius 3 is 2.74 bits per heavy atom. The molecule has 0 fully saturated rings. The third kappa shape index (κ3) is 2.77. The molecule has 1 atom stereocenters. The van der Waals surface area contributed by atoms with Gasteiger partial charge in [-0.1, -0.05) is 0 Å². The van der Waals surface area contributed by atoms with E-state index in [0.717, 1.165) is 16.9 Å². The highest BCUT2D eigenvalue weighted by Crippen LogP contribution is 2.25. The maximum atomic E-state index is 5.71. The van der Waals surface area contributed by atoms with Crippen LogP contribution in [0.5, 0.6) is 0 Å². The molecular formula is C14H22N4O. The minimum Gasteiger partial charge on any atom is -0.380 e. The van der Waals surface area contributed by atoms with Gasteiger partial charge in [-0.2, -0.15) is 0 Å². The molecule has 0 amide bonds. The summed E-state index contributed by atoms with van der Waals surface area (Å²) in [5.41, 5.74) is 7.68. The Hall–Kier alpha value is -1.46. The zero-order valence-electron chi connectivity index (χ0n) is 12.1. The number of nitrogens with zero attached hydrogens (tertiary/aromatic N) is 3. The molecule has 0 saturated carbocycles. The van der Waals surface area contributed by atoms with Crippen molar-refractivity contribution in [3.05, 3.63) is 24.3 Å². The lowest BCUT2D eigenvalue weighted by molar-refractivity contribution is 0.106. The van der Waals surface area contributed by atoms with Crippen LogP contribution < -0.4 is 5.73 Å². The second kappa shape index (κ2) is 5.27. The number of hydrogen-bond donors (Lipinski definition) is 1. The first kappa shape index (κ1) is 14.0. The van der Waals surface area contributed by atoms with E-state index in [-0.39, 0.29) is 11.6 Å². The molecule has 2 aromatic rings. The molecule has 1 unspecified atom stereocenters. The number of ether oxygens (including phenoxy) is 1. The first-order chi connectivity index (χ1) is 8.97. The highest BCUT2D eigenvalue weighted by atomic mass is 16.5. The maximum absolute atomic E-state index is 5.71. The van der Waals surface area contributed by atoms with E-state index in [1.54, 1.807) is 19.5 Å². The van der Waals surface area contributed by atoms with Crippen LogP contribution in [-0.2, 0) is 16.7 Å². The molecular weight excluding hydrogens is 240 g/mol. The summed E-state index contributed by atoms with van der Waals surface area (Å²) in [5.74, 6) is 0.993. The SMILES string of the molecule is COC(CN)Cc1nc2cnccc2n1C(C)(C)C. The summed E-state index contributed by atoms with van der Waals surface area (Å²) < 4.78 is 7.61. The van der Waals surface area contributed by atoms with Crippen LogP contribution in [0.3, 0.4) is 0 Å². The molecule has 0 aromatic carbocycles. The van der Waals surface area contributed by atoms with Crippen LogP contribution in [0.15, 0.2) is 18.5 Å². The summed E-state index contributed by atoms with van der Waals surface area (Å²) in [4.78, 5) is 8.82. The smallest absolute Gasteiger partial charge is 0.113 e. The molecule has 2 N–H and O–H groups in total. The van der Waals surface area contributed by atoms with Crippen molar-refractivity contribution in [1.29, 1.82) is 0 Å². The monoisotopic (exact) mass is 262 g/mol. The molecule has 0 saturated heterocycles. The summed E-state index contributed by atoms with van der Waals surface area (Å²) in [6.07, 6.45) is 4.29. The Morgan fingerprint density at radius 1 is 1.42 bits per heavy atom. The van der Waals surface area contributed by atoms with Gasteiger partial charge in [0.2, 0.25) is 0 Å².